The van der Waals surface area contributed by atoms with Gasteiger partial charge in [0.1, 0.15) is 6.10 Å². The lowest BCUT2D eigenvalue weighted by Crippen LogP contribution is -2.43. The van der Waals surface area contributed by atoms with Gasteiger partial charge in [-0.25, -0.2) is 4.79 Å². The van der Waals surface area contributed by atoms with Gasteiger partial charge in [0.05, 0.1) is 6.61 Å². The molecule has 112 valence electrons. The van der Waals surface area contributed by atoms with Crippen molar-refractivity contribution in [1.29, 1.82) is 0 Å². The summed E-state index contributed by atoms with van der Waals surface area (Å²) in [6, 6.07) is 0. The van der Waals surface area contributed by atoms with Crippen LogP contribution in [0.25, 0.3) is 0 Å². The molecule has 0 saturated carbocycles. The van der Waals surface area contributed by atoms with E-state index in [1.165, 1.54) is 12.5 Å². The molecule has 19 heavy (non-hydrogen) atoms. The van der Waals surface area contributed by atoms with Gasteiger partial charge in [-0.1, -0.05) is 18.6 Å². The highest BCUT2D eigenvalue weighted by atomic mass is 19.3. The molecule has 0 aromatic heterocycles. The summed E-state index contributed by atoms with van der Waals surface area (Å²) in [5, 5.41) is 9.49. The summed E-state index contributed by atoms with van der Waals surface area (Å²) in [7, 11) is 0. The number of hydrogen-bond donors (Lipinski definition) is 1. The van der Waals surface area contributed by atoms with Crippen molar-refractivity contribution < 1.29 is 23.4 Å². The molecule has 2 unspecified atom stereocenters. The van der Waals surface area contributed by atoms with E-state index in [0.29, 0.717) is 6.42 Å². The molecule has 0 spiro atoms. The van der Waals surface area contributed by atoms with Crippen molar-refractivity contribution in [3.63, 3.8) is 0 Å². The van der Waals surface area contributed by atoms with E-state index in [1.807, 2.05) is 19.9 Å². The fourth-order valence-corrected chi connectivity index (χ4v) is 1.67. The van der Waals surface area contributed by atoms with Crippen LogP contribution in [0.4, 0.5) is 8.78 Å². The number of aliphatic hydroxyl groups excluding tert-OH is 1. The predicted molar refractivity (Wildman–Crippen MR) is 70.0 cm³/mol. The lowest BCUT2D eigenvalue weighted by atomic mass is 9.95. The van der Waals surface area contributed by atoms with E-state index in [-0.39, 0.29) is 18.9 Å². The number of halogens is 2. The molecule has 0 radical (unpaired) electrons. The van der Waals surface area contributed by atoms with Gasteiger partial charge in [-0.3, -0.25) is 0 Å². The van der Waals surface area contributed by atoms with Gasteiger partial charge in [0.15, 0.2) is 0 Å². The van der Waals surface area contributed by atoms with Crippen molar-refractivity contribution in [2.45, 2.75) is 59.0 Å². The Hall–Kier alpha value is -0.970. The molecule has 0 aromatic rings. The maximum absolute atomic E-state index is 13.5. The van der Waals surface area contributed by atoms with Crippen LogP contribution in [-0.2, 0) is 9.53 Å². The number of rotatable bonds is 8. The fraction of sp³-hybridized carbons (Fsp3) is 0.786. The molecule has 0 rings (SSSR count). The lowest BCUT2D eigenvalue weighted by Gasteiger charge is -2.23. The summed E-state index contributed by atoms with van der Waals surface area (Å²) < 4.78 is 31.2. The number of allylic oxidation sites excluding steroid dienone is 2. The fourth-order valence-electron chi connectivity index (χ4n) is 1.67. The topological polar surface area (TPSA) is 46.5 Å². The predicted octanol–water partition coefficient (Wildman–Crippen LogP) is 3.32. The van der Waals surface area contributed by atoms with Gasteiger partial charge in [-0.2, -0.15) is 8.78 Å². The Morgan fingerprint density at radius 3 is 2.47 bits per heavy atom. The van der Waals surface area contributed by atoms with E-state index in [1.54, 1.807) is 6.92 Å². The first-order chi connectivity index (χ1) is 8.71. The van der Waals surface area contributed by atoms with E-state index in [9.17, 15) is 18.7 Å². The maximum Gasteiger partial charge on any atom is 0.379 e. The summed E-state index contributed by atoms with van der Waals surface area (Å²) in [5.74, 6) is -5.58. The maximum atomic E-state index is 13.5. The summed E-state index contributed by atoms with van der Waals surface area (Å²) in [4.78, 5) is 11.0. The van der Waals surface area contributed by atoms with Crippen molar-refractivity contribution in [1.82, 2.24) is 0 Å². The molecule has 0 bridgehead atoms. The Labute approximate surface area is 113 Å². The van der Waals surface area contributed by atoms with E-state index in [0.717, 1.165) is 6.42 Å². The van der Waals surface area contributed by atoms with E-state index in [4.69, 9.17) is 0 Å². The number of esters is 1. The number of carbonyl (C=O) groups excluding carboxylic acids is 1. The first kappa shape index (κ1) is 18.0. The minimum Gasteiger partial charge on any atom is -0.461 e. The Bertz CT molecular complexity index is 310. The highest BCUT2D eigenvalue weighted by Gasteiger charge is 2.48. The van der Waals surface area contributed by atoms with Crippen molar-refractivity contribution in [2.24, 2.45) is 5.92 Å². The van der Waals surface area contributed by atoms with Gasteiger partial charge >= 0.3 is 11.9 Å². The van der Waals surface area contributed by atoms with Crippen LogP contribution < -0.4 is 0 Å². The van der Waals surface area contributed by atoms with E-state index in [2.05, 4.69) is 4.74 Å². The monoisotopic (exact) mass is 278 g/mol. The molecule has 0 aromatic carbocycles. The molecule has 5 heteroatoms. The van der Waals surface area contributed by atoms with Crippen LogP contribution in [0.1, 0.15) is 47.0 Å². The van der Waals surface area contributed by atoms with E-state index >= 15 is 0 Å². The van der Waals surface area contributed by atoms with E-state index < -0.39 is 18.0 Å². The second kappa shape index (κ2) is 8.25. The Kier molecular flexibility index (Phi) is 7.83. The molecule has 0 amide bonds. The van der Waals surface area contributed by atoms with Crippen LogP contribution >= 0.6 is 0 Å². The highest BCUT2D eigenvalue weighted by molar-refractivity contribution is 5.78. The zero-order valence-corrected chi connectivity index (χ0v) is 12.1. The second-order valence-electron chi connectivity index (χ2n) is 5.06. The van der Waals surface area contributed by atoms with Gasteiger partial charge in [0.2, 0.25) is 0 Å². The third-order valence-corrected chi connectivity index (χ3v) is 2.80. The summed E-state index contributed by atoms with van der Waals surface area (Å²) in [6.45, 7) is 7.03. The molecule has 0 fully saturated rings. The average molecular weight is 278 g/mol. The lowest BCUT2D eigenvalue weighted by molar-refractivity contribution is -0.189. The van der Waals surface area contributed by atoms with Gasteiger partial charge in [-0.15, -0.1) is 0 Å². The third kappa shape index (κ3) is 6.66. The number of ether oxygens (including phenoxy) is 1. The number of alkyl halides is 2. The first-order valence-electron chi connectivity index (χ1n) is 6.58. The minimum atomic E-state index is -3.83. The standard InChI is InChI=1S/C14H24F2O3/c1-5-19-13(18)14(15,16)12(17)9-11(4)8-6-7-10(2)3/h7,11-12,17H,5-6,8-9H2,1-4H3. The zero-order chi connectivity index (χ0) is 15.1. The Morgan fingerprint density at radius 2 is 2.00 bits per heavy atom. The van der Waals surface area contributed by atoms with Crippen molar-refractivity contribution in [3.05, 3.63) is 11.6 Å². The van der Waals surface area contributed by atoms with Crippen LogP contribution in [0.3, 0.4) is 0 Å². The molecular weight excluding hydrogens is 254 g/mol. The van der Waals surface area contributed by atoms with Crippen LogP contribution in [-0.4, -0.2) is 29.7 Å². The normalized spacial score (nSPS) is 14.7. The Balaban J connectivity index is 4.30. The summed E-state index contributed by atoms with van der Waals surface area (Å²) >= 11 is 0. The quantitative estimate of drug-likeness (QED) is 0.547. The van der Waals surface area contributed by atoms with Crippen LogP contribution in [0, 0.1) is 5.92 Å². The summed E-state index contributed by atoms with van der Waals surface area (Å²) in [5.41, 5.74) is 1.17. The van der Waals surface area contributed by atoms with Crippen LogP contribution in [0.5, 0.6) is 0 Å². The molecular formula is C14H24F2O3. The summed E-state index contributed by atoms with van der Waals surface area (Å²) in [6.07, 6.45) is 1.38. The smallest absolute Gasteiger partial charge is 0.379 e. The largest absolute Gasteiger partial charge is 0.461 e. The molecule has 0 saturated heterocycles. The number of hydrogen-bond acceptors (Lipinski definition) is 3. The van der Waals surface area contributed by atoms with Crippen molar-refractivity contribution in [2.75, 3.05) is 6.61 Å². The van der Waals surface area contributed by atoms with Crippen molar-refractivity contribution >= 4 is 5.97 Å². The first-order valence-corrected chi connectivity index (χ1v) is 6.58. The molecule has 2 atom stereocenters. The molecule has 0 aliphatic rings. The molecule has 3 nitrogen and oxygen atoms in total. The average Bonchev–Trinajstić information content (AvgIpc) is 2.28. The van der Waals surface area contributed by atoms with Gasteiger partial charge in [-0.05, 0) is 46.0 Å². The molecule has 0 aliphatic heterocycles. The number of carbonyl (C=O) groups is 1. The van der Waals surface area contributed by atoms with Gasteiger partial charge < -0.3 is 9.84 Å². The highest BCUT2D eigenvalue weighted by Crippen LogP contribution is 2.27. The zero-order valence-electron chi connectivity index (χ0n) is 12.1. The van der Waals surface area contributed by atoms with Gasteiger partial charge in [0, 0.05) is 0 Å². The SMILES string of the molecule is CCOC(=O)C(F)(F)C(O)CC(C)CCC=C(C)C. The second-order valence-corrected chi connectivity index (χ2v) is 5.06. The van der Waals surface area contributed by atoms with Crippen LogP contribution in [0.2, 0.25) is 0 Å². The number of aliphatic hydroxyl groups is 1. The Morgan fingerprint density at radius 1 is 1.42 bits per heavy atom. The molecule has 1 N–H and O–H groups in total. The van der Waals surface area contributed by atoms with Gasteiger partial charge in [0.25, 0.3) is 0 Å². The van der Waals surface area contributed by atoms with Crippen molar-refractivity contribution in [3.8, 4) is 0 Å². The third-order valence-electron chi connectivity index (χ3n) is 2.80. The minimum absolute atomic E-state index is 0.0918. The molecule has 0 aliphatic carbocycles. The molecule has 0 heterocycles. The van der Waals surface area contributed by atoms with Crippen LogP contribution in [0.15, 0.2) is 11.6 Å².